The zero-order valence-electron chi connectivity index (χ0n) is 12.2. The number of rotatable bonds is 6. The summed E-state index contributed by atoms with van der Waals surface area (Å²) in [6.07, 6.45) is 0. The van der Waals surface area contributed by atoms with Crippen LogP contribution in [-0.2, 0) is 0 Å². The van der Waals surface area contributed by atoms with Crippen molar-refractivity contribution in [3.05, 3.63) is 64.7 Å². The molecule has 2 unspecified atom stereocenters. The first-order chi connectivity index (χ1) is 10.1. The van der Waals surface area contributed by atoms with Crippen molar-refractivity contribution in [2.24, 2.45) is 0 Å². The van der Waals surface area contributed by atoms with Gasteiger partial charge in [-0.25, -0.2) is 0 Å². The fraction of sp³-hybridized carbons (Fsp3) is 0.294. The number of hydrogen-bond acceptors (Lipinski definition) is 3. The molecular weight excluding hydrogens is 286 g/mol. The molecule has 2 aromatic carbocycles. The van der Waals surface area contributed by atoms with Crippen molar-refractivity contribution >= 4 is 11.6 Å². The van der Waals surface area contributed by atoms with E-state index in [1.54, 1.807) is 7.11 Å². The second-order valence-corrected chi connectivity index (χ2v) is 5.39. The molecule has 0 aliphatic carbocycles. The molecule has 0 bridgehead atoms. The molecule has 3 nitrogen and oxygen atoms in total. The highest BCUT2D eigenvalue weighted by molar-refractivity contribution is 6.30. The second-order valence-electron chi connectivity index (χ2n) is 4.95. The van der Waals surface area contributed by atoms with Gasteiger partial charge in [0.05, 0.1) is 19.8 Å². The summed E-state index contributed by atoms with van der Waals surface area (Å²) in [7, 11) is 1.64. The van der Waals surface area contributed by atoms with E-state index < -0.39 is 0 Å². The van der Waals surface area contributed by atoms with Gasteiger partial charge in [0.2, 0.25) is 0 Å². The Labute approximate surface area is 130 Å². The van der Waals surface area contributed by atoms with E-state index in [9.17, 15) is 5.11 Å². The highest BCUT2D eigenvalue weighted by atomic mass is 35.5. The largest absolute Gasteiger partial charge is 0.497 e. The maximum absolute atomic E-state index is 9.66. The predicted molar refractivity (Wildman–Crippen MR) is 85.8 cm³/mol. The number of aliphatic hydroxyl groups is 1. The fourth-order valence-corrected chi connectivity index (χ4v) is 2.39. The van der Waals surface area contributed by atoms with Crippen LogP contribution in [-0.4, -0.2) is 18.8 Å². The average Bonchev–Trinajstić information content (AvgIpc) is 2.53. The van der Waals surface area contributed by atoms with E-state index in [1.165, 1.54) is 0 Å². The van der Waals surface area contributed by atoms with Gasteiger partial charge in [-0.3, -0.25) is 0 Å². The van der Waals surface area contributed by atoms with Gasteiger partial charge in [-0.05, 0) is 42.3 Å². The second kappa shape index (κ2) is 7.46. The first-order valence-corrected chi connectivity index (χ1v) is 7.28. The number of methoxy groups -OCH3 is 1. The highest BCUT2D eigenvalue weighted by Crippen LogP contribution is 2.23. The van der Waals surface area contributed by atoms with E-state index in [-0.39, 0.29) is 18.7 Å². The molecule has 2 aromatic rings. The molecule has 0 spiro atoms. The summed E-state index contributed by atoms with van der Waals surface area (Å²) in [6, 6.07) is 15.4. The molecule has 112 valence electrons. The third-order valence-electron chi connectivity index (χ3n) is 3.50. The molecule has 0 saturated carbocycles. The zero-order valence-corrected chi connectivity index (χ0v) is 13.0. The Morgan fingerprint density at radius 1 is 1.14 bits per heavy atom. The molecule has 0 radical (unpaired) electrons. The number of hydrogen-bond donors (Lipinski definition) is 2. The molecule has 0 aliphatic heterocycles. The molecule has 2 rings (SSSR count). The van der Waals surface area contributed by atoms with E-state index >= 15 is 0 Å². The van der Waals surface area contributed by atoms with Gasteiger partial charge in [0.1, 0.15) is 5.75 Å². The van der Waals surface area contributed by atoms with Gasteiger partial charge in [-0.15, -0.1) is 0 Å². The number of halogens is 1. The van der Waals surface area contributed by atoms with E-state index in [2.05, 4.69) is 12.2 Å². The van der Waals surface area contributed by atoms with Crippen LogP contribution < -0.4 is 10.1 Å². The molecular formula is C17H20ClNO2. The normalized spacial score (nSPS) is 13.7. The van der Waals surface area contributed by atoms with E-state index in [0.717, 1.165) is 21.9 Å². The Morgan fingerprint density at radius 3 is 2.48 bits per heavy atom. The molecule has 21 heavy (non-hydrogen) atoms. The lowest BCUT2D eigenvalue weighted by Crippen LogP contribution is -2.27. The third-order valence-corrected chi connectivity index (χ3v) is 3.75. The van der Waals surface area contributed by atoms with E-state index in [4.69, 9.17) is 16.3 Å². The number of ether oxygens (including phenoxy) is 1. The minimum Gasteiger partial charge on any atom is -0.497 e. The van der Waals surface area contributed by atoms with Crippen LogP contribution in [0.25, 0.3) is 0 Å². The van der Waals surface area contributed by atoms with Gasteiger partial charge in [0.15, 0.2) is 0 Å². The molecule has 0 aromatic heterocycles. The molecule has 2 N–H and O–H groups in total. The summed E-state index contributed by atoms with van der Waals surface area (Å²) < 4.78 is 5.23. The van der Waals surface area contributed by atoms with Crippen LogP contribution in [0.2, 0.25) is 5.02 Å². The standard InChI is InChI=1S/C17H20ClNO2/c1-12(13-6-8-15(18)9-7-13)19-17(11-20)14-4-3-5-16(10-14)21-2/h3-10,12,17,19-20H,11H2,1-2H3. The van der Waals surface area contributed by atoms with Crippen molar-refractivity contribution in [2.75, 3.05) is 13.7 Å². The molecule has 2 atom stereocenters. The lowest BCUT2D eigenvalue weighted by molar-refractivity contribution is 0.235. The van der Waals surface area contributed by atoms with Gasteiger partial charge in [-0.1, -0.05) is 35.9 Å². The molecule has 0 heterocycles. The summed E-state index contributed by atoms with van der Waals surface area (Å²) in [5.74, 6) is 0.784. The van der Waals surface area contributed by atoms with Crippen molar-refractivity contribution < 1.29 is 9.84 Å². The maximum Gasteiger partial charge on any atom is 0.119 e. The Morgan fingerprint density at radius 2 is 1.86 bits per heavy atom. The van der Waals surface area contributed by atoms with Crippen molar-refractivity contribution in [1.29, 1.82) is 0 Å². The number of nitrogens with one attached hydrogen (secondary N) is 1. The summed E-state index contributed by atoms with van der Waals surface area (Å²) in [4.78, 5) is 0. The summed E-state index contributed by atoms with van der Waals surface area (Å²) >= 11 is 5.90. The quantitative estimate of drug-likeness (QED) is 0.854. The topological polar surface area (TPSA) is 41.5 Å². The summed E-state index contributed by atoms with van der Waals surface area (Å²) in [5.41, 5.74) is 2.12. The van der Waals surface area contributed by atoms with Crippen LogP contribution in [0.5, 0.6) is 5.75 Å². The highest BCUT2D eigenvalue weighted by Gasteiger charge is 2.15. The Kier molecular flexibility index (Phi) is 5.62. The van der Waals surface area contributed by atoms with Crippen molar-refractivity contribution in [1.82, 2.24) is 5.32 Å². The van der Waals surface area contributed by atoms with Crippen LogP contribution in [0.3, 0.4) is 0 Å². The first kappa shape index (κ1) is 15.8. The average molecular weight is 306 g/mol. The van der Waals surface area contributed by atoms with Gasteiger partial charge < -0.3 is 15.2 Å². The van der Waals surface area contributed by atoms with Crippen LogP contribution in [0.15, 0.2) is 48.5 Å². The van der Waals surface area contributed by atoms with Crippen LogP contribution >= 0.6 is 11.6 Å². The molecule has 0 fully saturated rings. The zero-order chi connectivity index (χ0) is 15.2. The van der Waals surface area contributed by atoms with Crippen LogP contribution in [0, 0.1) is 0 Å². The molecule has 4 heteroatoms. The van der Waals surface area contributed by atoms with Crippen molar-refractivity contribution in [3.8, 4) is 5.75 Å². The summed E-state index contributed by atoms with van der Waals surface area (Å²) in [5, 5.41) is 13.8. The lowest BCUT2D eigenvalue weighted by atomic mass is 10.0. The Balaban J connectivity index is 2.12. The molecule has 0 aliphatic rings. The first-order valence-electron chi connectivity index (χ1n) is 6.90. The summed E-state index contributed by atoms with van der Waals surface area (Å²) in [6.45, 7) is 2.08. The number of aliphatic hydroxyl groups excluding tert-OH is 1. The Bertz CT molecular complexity index is 571. The van der Waals surface area contributed by atoms with Gasteiger partial charge in [0, 0.05) is 11.1 Å². The Hall–Kier alpha value is -1.55. The lowest BCUT2D eigenvalue weighted by Gasteiger charge is -2.23. The van der Waals surface area contributed by atoms with Crippen LogP contribution in [0.4, 0.5) is 0 Å². The SMILES string of the molecule is COc1cccc(C(CO)NC(C)c2ccc(Cl)cc2)c1. The fourth-order valence-electron chi connectivity index (χ4n) is 2.26. The van der Waals surface area contributed by atoms with Crippen molar-refractivity contribution in [2.45, 2.75) is 19.0 Å². The molecule has 0 saturated heterocycles. The number of benzene rings is 2. The third kappa shape index (κ3) is 4.21. The van der Waals surface area contributed by atoms with Gasteiger partial charge >= 0.3 is 0 Å². The van der Waals surface area contributed by atoms with Gasteiger partial charge in [-0.2, -0.15) is 0 Å². The van der Waals surface area contributed by atoms with E-state index in [0.29, 0.717) is 0 Å². The van der Waals surface area contributed by atoms with Crippen molar-refractivity contribution in [3.63, 3.8) is 0 Å². The molecule has 0 amide bonds. The minimum atomic E-state index is -0.147. The predicted octanol–water partition coefficient (Wildman–Crippen LogP) is 3.73. The monoisotopic (exact) mass is 305 g/mol. The smallest absolute Gasteiger partial charge is 0.119 e. The van der Waals surface area contributed by atoms with Gasteiger partial charge in [0.25, 0.3) is 0 Å². The minimum absolute atomic E-state index is 0.0189. The van der Waals surface area contributed by atoms with Crippen LogP contribution in [0.1, 0.15) is 30.1 Å². The maximum atomic E-state index is 9.66. The van der Waals surface area contributed by atoms with E-state index in [1.807, 2.05) is 48.5 Å².